The number of sulfonamides is 1. The molecule has 3 N–H and O–H groups in total. The van der Waals surface area contributed by atoms with Crippen LogP contribution in [-0.2, 0) is 32.2 Å². The Morgan fingerprint density at radius 1 is 1.37 bits per heavy atom. The normalized spacial score (nSPS) is 18.6. The van der Waals surface area contributed by atoms with E-state index >= 15 is 0 Å². The Kier molecular flexibility index (Phi) is 5.92. The highest BCUT2D eigenvalue weighted by Crippen LogP contribution is 2.47. The molecular formula is C16H21N7O5S2. The number of nitrogens with one attached hydrogen (secondary N) is 2. The number of benzene rings is 1. The molecule has 3 heterocycles. The molecule has 4 rings (SSSR count). The highest BCUT2D eigenvalue weighted by Gasteiger charge is 2.32. The van der Waals surface area contributed by atoms with Crippen LogP contribution in [-0.4, -0.2) is 47.7 Å². The zero-order valence-electron chi connectivity index (χ0n) is 16.3. The molecule has 0 fully saturated rings. The minimum atomic E-state index is -3.49. The molecule has 0 saturated heterocycles. The summed E-state index contributed by atoms with van der Waals surface area (Å²) in [5.41, 5.74) is 4.00. The van der Waals surface area contributed by atoms with Gasteiger partial charge in [0.2, 0.25) is 16.0 Å². The van der Waals surface area contributed by atoms with Crippen molar-refractivity contribution in [2.75, 3.05) is 22.4 Å². The van der Waals surface area contributed by atoms with Crippen LogP contribution in [0.2, 0.25) is 0 Å². The third kappa shape index (κ3) is 4.41. The van der Waals surface area contributed by atoms with E-state index in [1.54, 1.807) is 0 Å². The summed E-state index contributed by atoms with van der Waals surface area (Å²) in [6.07, 6.45) is 4.82. The summed E-state index contributed by atoms with van der Waals surface area (Å²) >= 11 is 0.866. The number of aromatic nitrogens is 3. The second kappa shape index (κ2) is 8.47. The summed E-state index contributed by atoms with van der Waals surface area (Å²) < 4.78 is 29.5. The summed E-state index contributed by atoms with van der Waals surface area (Å²) in [4.78, 5) is 5.73. The Labute approximate surface area is 177 Å². The summed E-state index contributed by atoms with van der Waals surface area (Å²) in [6, 6.07) is 2.40. The van der Waals surface area contributed by atoms with Gasteiger partial charge in [0, 0.05) is 18.3 Å². The summed E-state index contributed by atoms with van der Waals surface area (Å²) in [5.74, 6) is -0.0127. The van der Waals surface area contributed by atoms with Crippen molar-refractivity contribution in [3.05, 3.63) is 17.2 Å². The first-order chi connectivity index (χ1) is 14.4. The van der Waals surface area contributed by atoms with E-state index in [1.165, 1.54) is 11.3 Å². The van der Waals surface area contributed by atoms with E-state index in [0.29, 0.717) is 16.6 Å². The van der Waals surface area contributed by atoms with Crippen molar-refractivity contribution in [2.24, 2.45) is 10.2 Å². The Bertz CT molecular complexity index is 1070. The van der Waals surface area contributed by atoms with Crippen molar-refractivity contribution in [2.45, 2.75) is 43.5 Å². The maximum absolute atomic E-state index is 11.3. The van der Waals surface area contributed by atoms with Crippen LogP contribution in [0.3, 0.4) is 0 Å². The molecule has 2 aliphatic heterocycles. The average Bonchev–Trinajstić information content (AvgIpc) is 3.13. The van der Waals surface area contributed by atoms with Gasteiger partial charge in [-0.1, -0.05) is 5.04 Å². The van der Waals surface area contributed by atoms with Crippen LogP contribution in [0.25, 0.3) is 0 Å². The fourth-order valence-corrected chi connectivity index (χ4v) is 4.90. The molecule has 1 unspecified atom stereocenters. The Hall–Kier alpha value is -2.26. The van der Waals surface area contributed by atoms with Crippen molar-refractivity contribution < 1.29 is 23.0 Å². The number of rotatable bonds is 7. The second-order valence-electron chi connectivity index (χ2n) is 7.19. The molecule has 162 valence electrons. The predicted molar refractivity (Wildman–Crippen MR) is 110 cm³/mol. The monoisotopic (exact) mass is 455 g/mol. The van der Waals surface area contributed by atoms with Gasteiger partial charge in [0.15, 0.2) is 0 Å². The van der Waals surface area contributed by atoms with Crippen LogP contribution in [0.1, 0.15) is 30.9 Å². The van der Waals surface area contributed by atoms with E-state index in [9.17, 15) is 8.42 Å². The van der Waals surface area contributed by atoms with E-state index in [1.807, 2.05) is 6.07 Å². The largest absolute Gasteiger partial charge is 0.368 e. The van der Waals surface area contributed by atoms with Gasteiger partial charge in [-0.25, -0.2) is 13.7 Å². The Morgan fingerprint density at radius 3 is 2.97 bits per heavy atom. The van der Waals surface area contributed by atoms with E-state index in [2.05, 4.69) is 47.0 Å². The molecule has 0 radical (unpaired) electrons. The molecule has 0 bridgehead atoms. The fourth-order valence-electron chi connectivity index (χ4n) is 3.87. The van der Waals surface area contributed by atoms with Crippen LogP contribution in [0.4, 0.5) is 23.3 Å². The predicted octanol–water partition coefficient (Wildman–Crippen LogP) is 3.11. The van der Waals surface area contributed by atoms with Crippen LogP contribution in [0.5, 0.6) is 0 Å². The first-order valence-electron chi connectivity index (χ1n) is 9.28. The lowest BCUT2D eigenvalue weighted by molar-refractivity contribution is -0.432. The first kappa shape index (κ1) is 21.0. The van der Waals surface area contributed by atoms with E-state index < -0.39 is 10.0 Å². The number of azo groups is 1. The summed E-state index contributed by atoms with van der Waals surface area (Å²) in [6.45, 7) is 3.22. The highest BCUT2D eigenvalue weighted by molar-refractivity contribution is 7.94. The summed E-state index contributed by atoms with van der Waals surface area (Å²) in [5, 5.41) is 28.2. The van der Waals surface area contributed by atoms with Crippen LogP contribution < -0.4 is 9.62 Å². The number of hydrogen-bond acceptors (Lipinski definition) is 11. The van der Waals surface area contributed by atoms with E-state index in [0.717, 1.165) is 56.1 Å². The van der Waals surface area contributed by atoms with Crippen molar-refractivity contribution >= 4 is 45.3 Å². The maximum atomic E-state index is 11.3. The fraction of sp³-hybridized carbons (Fsp3) is 0.500. The van der Waals surface area contributed by atoms with Crippen LogP contribution in [0.15, 0.2) is 21.2 Å². The number of aryl methyl sites for hydroxylation is 1. The lowest BCUT2D eigenvalue weighted by Crippen LogP contribution is -2.41. The zero-order chi connectivity index (χ0) is 21.3. The molecule has 14 heteroatoms. The lowest BCUT2D eigenvalue weighted by Gasteiger charge is -2.42. The van der Waals surface area contributed by atoms with Gasteiger partial charge in [0.1, 0.15) is 5.69 Å². The minimum absolute atomic E-state index is 0.0399. The van der Waals surface area contributed by atoms with E-state index in [4.69, 9.17) is 9.59 Å². The Morgan fingerprint density at radius 2 is 2.20 bits per heavy atom. The molecule has 1 aromatic heterocycles. The summed E-state index contributed by atoms with van der Waals surface area (Å²) in [7, 11) is -3.49. The topological polar surface area (TPSA) is 154 Å². The van der Waals surface area contributed by atoms with Gasteiger partial charge < -0.3 is 4.90 Å². The third-order valence-corrected chi connectivity index (χ3v) is 6.36. The van der Waals surface area contributed by atoms with Crippen LogP contribution in [0, 0.1) is 0 Å². The first-order valence-corrected chi connectivity index (χ1v) is 11.9. The van der Waals surface area contributed by atoms with Crippen LogP contribution >= 0.6 is 12.0 Å². The van der Waals surface area contributed by atoms with Gasteiger partial charge >= 0.3 is 0 Å². The molecule has 0 spiro atoms. The van der Waals surface area contributed by atoms with Gasteiger partial charge in [-0.3, -0.25) is 9.71 Å². The molecule has 0 aliphatic carbocycles. The maximum Gasteiger partial charge on any atom is 0.268 e. The van der Waals surface area contributed by atoms with E-state index in [-0.39, 0.29) is 11.9 Å². The molecule has 1 aromatic carbocycles. The molecule has 1 atom stereocenters. The molecule has 12 nitrogen and oxygen atoms in total. The molecule has 0 saturated carbocycles. The zero-order valence-corrected chi connectivity index (χ0v) is 18.0. The number of aromatic amines is 1. The molecular weight excluding hydrogens is 434 g/mol. The van der Waals surface area contributed by atoms with Crippen molar-refractivity contribution in [3.8, 4) is 0 Å². The smallest absolute Gasteiger partial charge is 0.268 e. The van der Waals surface area contributed by atoms with Crippen molar-refractivity contribution in [1.82, 2.24) is 15.2 Å². The quantitative estimate of drug-likeness (QED) is 0.247. The average molecular weight is 456 g/mol. The molecule has 30 heavy (non-hydrogen) atoms. The number of hydrogen-bond donors (Lipinski definition) is 3. The highest BCUT2D eigenvalue weighted by atomic mass is 32.2. The van der Waals surface area contributed by atoms with Gasteiger partial charge in [-0.2, -0.15) is 0 Å². The molecule has 0 amide bonds. The standard InChI is InChI=1S/C16H21N7O5S2/c1-9-5-6-11-13-10(4-3-7-23(9)13)8-12(14(11)29-28-27-24)18-19-15-17-16(21-20-15)22-30(2,25)26/h8-9,24H,3-7H2,1-2H3,(H2,17,20,21,22). The van der Waals surface area contributed by atoms with Gasteiger partial charge in [-0.15, -0.1) is 24.8 Å². The Balaban J connectivity index is 1.70. The van der Waals surface area contributed by atoms with Crippen molar-refractivity contribution in [1.29, 1.82) is 0 Å². The molecule has 2 aromatic rings. The second-order valence-corrected chi connectivity index (χ2v) is 9.65. The van der Waals surface area contributed by atoms with Crippen molar-refractivity contribution in [3.63, 3.8) is 0 Å². The third-order valence-electron chi connectivity index (χ3n) is 5.04. The molecule has 2 aliphatic rings. The number of nitrogens with zero attached hydrogens (tertiary/aromatic N) is 5. The number of anilines is 2. The van der Waals surface area contributed by atoms with Gasteiger partial charge in [-0.05, 0) is 49.8 Å². The van der Waals surface area contributed by atoms with Gasteiger partial charge in [0.05, 0.1) is 23.2 Å². The minimum Gasteiger partial charge on any atom is -0.368 e. The SMILES string of the molecule is CC1CCc2c(SOOO)c(N=Nc3nnc(NS(C)(=O)=O)[nH]3)cc3c2N1CCC3. The lowest BCUT2D eigenvalue weighted by atomic mass is 9.88. The number of H-pyrrole nitrogens is 1. The van der Waals surface area contributed by atoms with Gasteiger partial charge in [0.25, 0.3) is 5.95 Å².